The van der Waals surface area contributed by atoms with E-state index in [1.165, 1.54) is 23.0 Å². The Morgan fingerprint density at radius 1 is 1.17 bits per heavy atom. The quantitative estimate of drug-likeness (QED) is 0.555. The number of thioether (sulfide) groups is 1. The third kappa shape index (κ3) is 3.98. The molecule has 9 heteroatoms. The van der Waals surface area contributed by atoms with Crippen LogP contribution in [0.15, 0.2) is 40.0 Å². The zero-order valence-electron chi connectivity index (χ0n) is 16.0. The molecule has 1 saturated heterocycles. The summed E-state index contributed by atoms with van der Waals surface area (Å²) < 4.78 is 31.1. The lowest BCUT2D eigenvalue weighted by molar-refractivity contribution is 0.389. The fourth-order valence-corrected chi connectivity index (χ4v) is 6.81. The first kappa shape index (κ1) is 18.9. The molecule has 0 spiro atoms. The van der Waals surface area contributed by atoms with Crippen LogP contribution in [0.4, 0.5) is 0 Å². The Kier molecular flexibility index (Phi) is 4.95. The van der Waals surface area contributed by atoms with E-state index in [-0.39, 0.29) is 17.4 Å². The van der Waals surface area contributed by atoms with Gasteiger partial charge in [0.25, 0.3) is 5.22 Å². The molecule has 0 radical (unpaired) electrons. The van der Waals surface area contributed by atoms with E-state index in [0.717, 1.165) is 30.6 Å². The van der Waals surface area contributed by atoms with Crippen molar-refractivity contribution >= 4 is 21.6 Å². The Hall–Kier alpha value is -2.13. The summed E-state index contributed by atoms with van der Waals surface area (Å²) in [6.45, 7) is 0. The number of aromatic nitrogens is 4. The molecule has 1 atom stereocenters. The number of hydrogen-bond donors (Lipinski definition) is 0. The monoisotopic (exact) mass is 430 g/mol. The van der Waals surface area contributed by atoms with Gasteiger partial charge in [0.15, 0.2) is 9.84 Å². The molecule has 0 N–H and O–H groups in total. The standard InChI is InChI=1S/C20H22N4O3S2/c25-29(26)10-9-14(13-29)11-19-21-22-20(27-19)28-12-17-16-7-4-8-18(16)24(23-17)15-5-2-1-3-6-15/h1-3,5-6,14H,4,7-13H2/t14-/m1/s1. The highest BCUT2D eigenvalue weighted by Crippen LogP contribution is 2.32. The highest BCUT2D eigenvalue weighted by Gasteiger charge is 2.29. The Morgan fingerprint density at radius 3 is 2.83 bits per heavy atom. The molecule has 1 aliphatic carbocycles. The average Bonchev–Trinajstić information content (AvgIpc) is 3.47. The second-order valence-electron chi connectivity index (χ2n) is 7.70. The number of hydrogen-bond acceptors (Lipinski definition) is 7. The van der Waals surface area contributed by atoms with E-state index in [0.29, 0.717) is 29.7 Å². The second-order valence-corrected chi connectivity index (χ2v) is 10.9. The van der Waals surface area contributed by atoms with Crippen molar-refractivity contribution in [3.63, 3.8) is 0 Å². The third-order valence-electron chi connectivity index (χ3n) is 5.58. The number of para-hydroxylation sites is 1. The molecule has 0 amide bonds. The minimum absolute atomic E-state index is 0.0862. The SMILES string of the molecule is O=S1(=O)CC[C@H](Cc2nnc(SCc3nn(-c4ccccc4)c4c3CCC4)o2)C1. The third-order valence-corrected chi connectivity index (χ3v) is 8.25. The summed E-state index contributed by atoms with van der Waals surface area (Å²) in [4.78, 5) is 0. The Morgan fingerprint density at radius 2 is 2.03 bits per heavy atom. The van der Waals surface area contributed by atoms with Crippen molar-refractivity contribution in [2.45, 2.75) is 43.1 Å². The molecule has 29 heavy (non-hydrogen) atoms. The van der Waals surface area contributed by atoms with Crippen LogP contribution in [0.2, 0.25) is 0 Å². The Labute approximate surface area is 173 Å². The Bertz CT molecular complexity index is 1120. The fourth-order valence-electron chi connectivity index (χ4n) is 4.20. The van der Waals surface area contributed by atoms with Crippen LogP contribution in [-0.2, 0) is 34.9 Å². The van der Waals surface area contributed by atoms with Gasteiger partial charge >= 0.3 is 0 Å². The highest BCUT2D eigenvalue weighted by molar-refractivity contribution is 7.98. The van der Waals surface area contributed by atoms with E-state index in [2.05, 4.69) is 27.0 Å². The van der Waals surface area contributed by atoms with E-state index in [9.17, 15) is 8.42 Å². The van der Waals surface area contributed by atoms with Gasteiger partial charge in [-0.15, -0.1) is 10.2 Å². The van der Waals surface area contributed by atoms with Gasteiger partial charge in [0, 0.05) is 17.9 Å². The second kappa shape index (κ2) is 7.60. The van der Waals surface area contributed by atoms with Crippen LogP contribution in [0.1, 0.15) is 35.7 Å². The topological polar surface area (TPSA) is 90.9 Å². The molecule has 2 aliphatic rings. The average molecular weight is 431 g/mol. The van der Waals surface area contributed by atoms with Crippen molar-refractivity contribution in [3.8, 4) is 5.69 Å². The molecule has 5 rings (SSSR count). The predicted octanol–water partition coefficient (Wildman–Crippen LogP) is 3.01. The number of nitrogens with zero attached hydrogens (tertiary/aromatic N) is 4. The van der Waals surface area contributed by atoms with Gasteiger partial charge in [-0.05, 0) is 49.3 Å². The number of benzene rings is 1. The summed E-state index contributed by atoms with van der Waals surface area (Å²) in [7, 11) is -2.89. The molecule has 1 aromatic carbocycles. The first-order chi connectivity index (χ1) is 14.1. The molecule has 0 saturated carbocycles. The minimum atomic E-state index is -2.89. The lowest BCUT2D eigenvalue weighted by Crippen LogP contribution is -2.07. The highest BCUT2D eigenvalue weighted by atomic mass is 32.2. The van der Waals surface area contributed by atoms with Crippen LogP contribution in [0, 0.1) is 5.92 Å². The summed E-state index contributed by atoms with van der Waals surface area (Å²) in [6, 6.07) is 10.2. The Balaban J connectivity index is 1.27. The van der Waals surface area contributed by atoms with Gasteiger partial charge in [0.05, 0.1) is 22.9 Å². The van der Waals surface area contributed by atoms with Crippen molar-refractivity contribution in [3.05, 3.63) is 53.2 Å². The van der Waals surface area contributed by atoms with E-state index in [1.807, 2.05) is 18.2 Å². The van der Waals surface area contributed by atoms with E-state index in [1.54, 1.807) is 0 Å². The summed E-state index contributed by atoms with van der Waals surface area (Å²) in [6.07, 6.45) is 4.48. The predicted molar refractivity (Wildman–Crippen MR) is 110 cm³/mol. The fraction of sp³-hybridized carbons (Fsp3) is 0.450. The van der Waals surface area contributed by atoms with Gasteiger partial charge in [0.2, 0.25) is 5.89 Å². The summed E-state index contributed by atoms with van der Waals surface area (Å²) in [5.41, 5.74) is 4.82. The molecule has 3 heterocycles. The van der Waals surface area contributed by atoms with Crippen LogP contribution in [0.5, 0.6) is 0 Å². The number of rotatable bonds is 6. The molecule has 0 bridgehead atoms. The molecule has 0 unspecified atom stereocenters. The summed E-state index contributed by atoms with van der Waals surface area (Å²) >= 11 is 1.49. The van der Waals surface area contributed by atoms with E-state index >= 15 is 0 Å². The first-order valence-corrected chi connectivity index (χ1v) is 12.7. The van der Waals surface area contributed by atoms with Crippen LogP contribution in [0.3, 0.4) is 0 Å². The van der Waals surface area contributed by atoms with Crippen molar-refractivity contribution < 1.29 is 12.8 Å². The molecule has 7 nitrogen and oxygen atoms in total. The number of fused-ring (bicyclic) bond motifs is 1. The molecular weight excluding hydrogens is 408 g/mol. The molecule has 1 fully saturated rings. The summed E-state index contributed by atoms with van der Waals surface area (Å²) in [5.74, 6) is 1.78. The van der Waals surface area contributed by atoms with Crippen molar-refractivity contribution in [1.29, 1.82) is 0 Å². The maximum atomic E-state index is 11.6. The summed E-state index contributed by atoms with van der Waals surface area (Å²) in [5, 5.41) is 13.6. The zero-order chi connectivity index (χ0) is 19.8. The van der Waals surface area contributed by atoms with Crippen LogP contribution < -0.4 is 0 Å². The maximum Gasteiger partial charge on any atom is 0.276 e. The van der Waals surface area contributed by atoms with Gasteiger partial charge in [-0.2, -0.15) is 5.10 Å². The van der Waals surface area contributed by atoms with Gasteiger partial charge in [-0.25, -0.2) is 13.1 Å². The lowest BCUT2D eigenvalue weighted by atomic mass is 10.1. The molecule has 3 aromatic rings. The van der Waals surface area contributed by atoms with Gasteiger partial charge < -0.3 is 4.42 Å². The maximum absolute atomic E-state index is 11.6. The van der Waals surface area contributed by atoms with Gasteiger partial charge in [-0.1, -0.05) is 30.0 Å². The van der Waals surface area contributed by atoms with Crippen molar-refractivity contribution in [2.75, 3.05) is 11.5 Å². The van der Waals surface area contributed by atoms with Gasteiger partial charge in [0.1, 0.15) is 0 Å². The van der Waals surface area contributed by atoms with Crippen LogP contribution in [-0.4, -0.2) is 39.9 Å². The van der Waals surface area contributed by atoms with Crippen molar-refractivity contribution in [2.24, 2.45) is 5.92 Å². The smallest absolute Gasteiger partial charge is 0.276 e. The molecular formula is C20H22N4O3S2. The zero-order valence-corrected chi connectivity index (χ0v) is 17.6. The largest absolute Gasteiger partial charge is 0.416 e. The van der Waals surface area contributed by atoms with E-state index in [4.69, 9.17) is 9.52 Å². The first-order valence-electron chi connectivity index (χ1n) is 9.88. The molecule has 152 valence electrons. The van der Waals surface area contributed by atoms with E-state index < -0.39 is 9.84 Å². The van der Waals surface area contributed by atoms with Crippen LogP contribution in [0.25, 0.3) is 5.69 Å². The van der Waals surface area contributed by atoms with Gasteiger partial charge in [-0.3, -0.25) is 0 Å². The number of sulfone groups is 1. The normalized spacial score (nSPS) is 20.2. The minimum Gasteiger partial charge on any atom is -0.416 e. The molecule has 1 aliphatic heterocycles. The molecule has 2 aromatic heterocycles. The van der Waals surface area contributed by atoms with Crippen molar-refractivity contribution in [1.82, 2.24) is 20.0 Å². The lowest BCUT2D eigenvalue weighted by Gasteiger charge is -2.04. The van der Waals surface area contributed by atoms with Crippen LogP contribution >= 0.6 is 11.8 Å².